The van der Waals surface area contributed by atoms with Gasteiger partial charge in [-0.05, 0) is 6.07 Å². The van der Waals surface area contributed by atoms with Crippen molar-refractivity contribution in [2.45, 2.75) is 18.7 Å². The number of halogens is 2. The smallest absolute Gasteiger partial charge is 0.387 e. The van der Waals surface area contributed by atoms with Crippen LogP contribution in [-0.2, 0) is 15.6 Å². The second kappa shape index (κ2) is 6.27. The molecule has 1 saturated heterocycles. The Labute approximate surface area is 116 Å². The van der Waals surface area contributed by atoms with E-state index in [4.69, 9.17) is 5.11 Å². The van der Waals surface area contributed by atoms with Crippen LogP contribution < -0.4 is 10.1 Å². The number of carbonyl (C=O) groups is 1. The van der Waals surface area contributed by atoms with Gasteiger partial charge in [-0.1, -0.05) is 18.2 Å². The summed E-state index contributed by atoms with van der Waals surface area (Å²) in [6.07, 6.45) is 0. The van der Waals surface area contributed by atoms with Crippen LogP contribution >= 0.6 is 0 Å². The van der Waals surface area contributed by atoms with E-state index in [0.717, 1.165) is 0 Å². The van der Waals surface area contributed by atoms with Gasteiger partial charge >= 0.3 is 12.6 Å². The van der Waals surface area contributed by atoms with Crippen molar-refractivity contribution in [2.75, 3.05) is 11.5 Å². The van der Waals surface area contributed by atoms with Crippen molar-refractivity contribution in [3.8, 4) is 5.75 Å². The van der Waals surface area contributed by atoms with Gasteiger partial charge in [-0.25, -0.2) is 0 Å². The lowest BCUT2D eigenvalue weighted by Crippen LogP contribution is -2.49. The number of rotatable bonds is 4. The maximum atomic E-state index is 12.4. The first-order chi connectivity index (χ1) is 9.47. The number of hydrogen-bond acceptors (Lipinski definition) is 4. The molecule has 1 aliphatic rings. The largest absolute Gasteiger partial charge is 0.480 e. The molecule has 0 aromatic heterocycles. The summed E-state index contributed by atoms with van der Waals surface area (Å²) in [4.78, 5) is 11.0. The minimum absolute atomic E-state index is 0.00368. The highest BCUT2D eigenvalue weighted by Crippen LogP contribution is 2.29. The average Bonchev–Trinajstić information content (AvgIpc) is 2.37. The summed E-state index contributed by atoms with van der Waals surface area (Å²) in [5.74, 6) is -0.991. The number of hydrogen-bond donors (Lipinski definition) is 2. The van der Waals surface area contributed by atoms with Crippen LogP contribution in [0.15, 0.2) is 24.3 Å². The molecule has 0 spiro atoms. The van der Waals surface area contributed by atoms with Crippen LogP contribution in [-0.4, -0.2) is 39.4 Å². The summed E-state index contributed by atoms with van der Waals surface area (Å²) >= 11 is 0. The molecule has 2 rings (SSSR count). The quantitative estimate of drug-likeness (QED) is 0.872. The Morgan fingerprint density at radius 1 is 1.40 bits per heavy atom. The molecule has 1 aromatic carbocycles. The molecule has 5 nitrogen and oxygen atoms in total. The third-order valence-electron chi connectivity index (χ3n) is 2.92. The van der Waals surface area contributed by atoms with Crippen LogP contribution in [0.2, 0.25) is 0 Å². The standard InChI is InChI=1S/C12H13F2NO4S/c13-12(14)19-10-4-2-1-3-7(10)8-5-20(18)6-9(15-8)11(16)17/h1-4,8-9,12,15H,5-6H2,(H,16,17). The molecule has 3 atom stereocenters. The third kappa shape index (κ3) is 3.51. The zero-order valence-electron chi connectivity index (χ0n) is 10.3. The molecule has 0 amide bonds. The third-order valence-corrected chi connectivity index (χ3v) is 4.33. The van der Waals surface area contributed by atoms with Crippen LogP contribution in [0.4, 0.5) is 8.78 Å². The van der Waals surface area contributed by atoms with Crippen molar-refractivity contribution < 1.29 is 27.6 Å². The van der Waals surface area contributed by atoms with Gasteiger partial charge < -0.3 is 9.84 Å². The van der Waals surface area contributed by atoms with Gasteiger partial charge in [0.1, 0.15) is 11.8 Å². The minimum Gasteiger partial charge on any atom is -0.480 e. The number of ether oxygens (including phenoxy) is 1. The number of carboxylic acids is 1. The van der Waals surface area contributed by atoms with Crippen molar-refractivity contribution in [3.63, 3.8) is 0 Å². The first-order valence-corrected chi connectivity index (χ1v) is 7.33. The highest BCUT2D eigenvalue weighted by molar-refractivity contribution is 7.85. The van der Waals surface area contributed by atoms with Gasteiger partial charge in [-0.3, -0.25) is 14.3 Å². The average molecular weight is 305 g/mol. The van der Waals surface area contributed by atoms with E-state index >= 15 is 0 Å². The maximum absolute atomic E-state index is 12.4. The van der Waals surface area contributed by atoms with Crippen molar-refractivity contribution in [1.29, 1.82) is 0 Å². The molecule has 1 fully saturated rings. The molecule has 110 valence electrons. The highest BCUT2D eigenvalue weighted by Gasteiger charge is 2.32. The van der Waals surface area contributed by atoms with Crippen LogP contribution in [0, 0.1) is 0 Å². The summed E-state index contributed by atoms with van der Waals surface area (Å²) in [6.45, 7) is -2.97. The molecule has 0 bridgehead atoms. The Hall–Kier alpha value is -1.54. The Bertz CT molecular complexity index is 526. The first kappa shape index (κ1) is 14.9. The first-order valence-electron chi connectivity index (χ1n) is 5.85. The Balaban J connectivity index is 2.26. The molecule has 1 aromatic rings. The predicted molar refractivity (Wildman–Crippen MR) is 68.3 cm³/mol. The predicted octanol–water partition coefficient (Wildman–Crippen LogP) is 1.13. The lowest BCUT2D eigenvalue weighted by molar-refractivity contribution is -0.139. The Kier molecular flexibility index (Phi) is 4.66. The molecular weight excluding hydrogens is 292 g/mol. The number of alkyl halides is 2. The van der Waals surface area contributed by atoms with Crippen LogP contribution in [0.1, 0.15) is 11.6 Å². The van der Waals surface area contributed by atoms with Crippen molar-refractivity contribution in [3.05, 3.63) is 29.8 Å². The SMILES string of the molecule is O=C(O)C1CS(=O)CC(c2ccccc2OC(F)F)N1. The molecule has 2 N–H and O–H groups in total. The topological polar surface area (TPSA) is 75.6 Å². The van der Waals surface area contributed by atoms with E-state index in [9.17, 15) is 17.8 Å². The summed E-state index contributed by atoms with van der Waals surface area (Å²) in [5.41, 5.74) is 0.382. The number of para-hydroxylation sites is 1. The number of nitrogens with one attached hydrogen (secondary N) is 1. The van der Waals surface area contributed by atoms with Crippen molar-refractivity contribution in [1.82, 2.24) is 5.32 Å². The van der Waals surface area contributed by atoms with Gasteiger partial charge in [-0.15, -0.1) is 0 Å². The van der Waals surface area contributed by atoms with Gasteiger partial charge in [0.2, 0.25) is 0 Å². The van der Waals surface area contributed by atoms with Gasteiger partial charge in [0.05, 0.1) is 0 Å². The second-order valence-electron chi connectivity index (χ2n) is 4.30. The lowest BCUT2D eigenvalue weighted by atomic mass is 10.1. The second-order valence-corrected chi connectivity index (χ2v) is 5.85. The van der Waals surface area contributed by atoms with Gasteiger partial charge in [0, 0.05) is 33.9 Å². The number of carboxylic acid groups (broad SMARTS) is 1. The molecule has 8 heteroatoms. The van der Waals surface area contributed by atoms with E-state index in [2.05, 4.69) is 10.1 Å². The molecule has 20 heavy (non-hydrogen) atoms. The summed E-state index contributed by atoms with van der Waals surface area (Å²) in [6, 6.07) is 4.53. The fraction of sp³-hybridized carbons (Fsp3) is 0.417. The molecule has 1 aliphatic heterocycles. The van der Waals surface area contributed by atoms with E-state index in [-0.39, 0.29) is 17.3 Å². The fourth-order valence-electron chi connectivity index (χ4n) is 2.07. The summed E-state index contributed by atoms with van der Waals surface area (Å²) < 4.78 is 40.8. The summed E-state index contributed by atoms with van der Waals surface area (Å²) in [5, 5.41) is 11.8. The number of aliphatic carboxylic acids is 1. The Morgan fingerprint density at radius 2 is 2.10 bits per heavy atom. The fourth-order valence-corrected chi connectivity index (χ4v) is 3.47. The Morgan fingerprint density at radius 3 is 2.75 bits per heavy atom. The molecule has 0 radical (unpaired) electrons. The molecule has 0 aliphatic carbocycles. The van der Waals surface area contributed by atoms with Crippen molar-refractivity contribution in [2.24, 2.45) is 0 Å². The summed E-state index contributed by atoms with van der Waals surface area (Å²) in [7, 11) is -1.33. The van der Waals surface area contributed by atoms with Crippen LogP contribution in [0.3, 0.4) is 0 Å². The minimum atomic E-state index is -2.97. The monoisotopic (exact) mass is 305 g/mol. The van der Waals surface area contributed by atoms with E-state index in [0.29, 0.717) is 5.56 Å². The lowest BCUT2D eigenvalue weighted by Gasteiger charge is -2.29. The van der Waals surface area contributed by atoms with E-state index in [1.807, 2.05) is 0 Å². The van der Waals surface area contributed by atoms with E-state index in [1.165, 1.54) is 12.1 Å². The molecular formula is C12H13F2NO4S. The van der Waals surface area contributed by atoms with Gasteiger partial charge in [-0.2, -0.15) is 8.78 Å². The molecule has 0 saturated carbocycles. The van der Waals surface area contributed by atoms with Crippen LogP contribution in [0.25, 0.3) is 0 Å². The number of benzene rings is 1. The van der Waals surface area contributed by atoms with Gasteiger partial charge in [0.25, 0.3) is 0 Å². The van der Waals surface area contributed by atoms with E-state index < -0.39 is 35.5 Å². The highest BCUT2D eigenvalue weighted by atomic mass is 32.2. The molecule has 1 heterocycles. The van der Waals surface area contributed by atoms with Gasteiger partial charge in [0.15, 0.2) is 0 Å². The van der Waals surface area contributed by atoms with E-state index in [1.54, 1.807) is 12.1 Å². The van der Waals surface area contributed by atoms with Crippen LogP contribution in [0.5, 0.6) is 5.75 Å². The molecule has 3 unspecified atom stereocenters. The maximum Gasteiger partial charge on any atom is 0.387 e. The zero-order valence-corrected chi connectivity index (χ0v) is 11.1. The zero-order chi connectivity index (χ0) is 14.7. The normalized spacial score (nSPS) is 26.4. The van der Waals surface area contributed by atoms with Crippen molar-refractivity contribution >= 4 is 16.8 Å².